The van der Waals surface area contributed by atoms with Crippen LogP contribution in [0, 0.1) is 0 Å². The van der Waals surface area contributed by atoms with Gasteiger partial charge < -0.3 is 5.32 Å². The monoisotopic (exact) mass is 361 g/mol. The van der Waals surface area contributed by atoms with Gasteiger partial charge in [0.25, 0.3) is 0 Å². The van der Waals surface area contributed by atoms with E-state index in [0.29, 0.717) is 6.42 Å². The molecule has 0 bridgehead atoms. The molecule has 3 rings (SSSR count). The quantitative estimate of drug-likeness (QED) is 0.446. The van der Waals surface area contributed by atoms with Crippen LogP contribution in [0.5, 0.6) is 0 Å². The van der Waals surface area contributed by atoms with Crippen LogP contribution in [0.1, 0.15) is 64.2 Å². The van der Waals surface area contributed by atoms with Crippen LogP contribution in [0.2, 0.25) is 0 Å². The first-order chi connectivity index (χ1) is 12.6. The Bertz CT molecular complexity index is 622. The van der Waals surface area contributed by atoms with Crippen LogP contribution in [-0.4, -0.2) is 52.7 Å². The molecule has 0 aromatic rings. The summed E-state index contributed by atoms with van der Waals surface area (Å²) < 4.78 is 0. The topological polar surface area (TPSA) is 86.8 Å². The van der Waals surface area contributed by atoms with E-state index < -0.39 is 17.8 Å². The van der Waals surface area contributed by atoms with Crippen molar-refractivity contribution in [2.24, 2.45) is 0 Å². The summed E-state index contributed by atoms with van der Waals surface area (Å²) in [5, 5.41) is 2.88. The van der Waals surface area contributed by atoms with Gasteiger partial charge in [0.05, 0.1) is 0 Å². The van der Waals surface area contributed by atoms with Crippen LogP contribution in [0.25, 0.3) is 0 Å². The zero-order valence-electron chi connectivity index (χ0n) is 15.2. The summed E-state index contributed by atoms with van der Waals surface area (Å²) in [4.78, 5) is 50.6. The second kappa shape index (κ2) is 8.47. The minimum Gasteiger partial charge on any atom is -0.352 e. The highest BCUT2D eigenvalue weighted by atomic mass is 16.2. The molecule has 7 nitrogen and oxygen atoms in total. The molecule has 26 heavy (non-hydrogen) atoms. The lowest BCUT2D eigenvalue weighted by Crippen LogP contribution is -2.45. The Morgan fingerprint density at radius 1 is 1.00 bits per heavy atom. The maximum absolute atomic E-state index is 12.4. The van der Waals surface area contributed by atoms with E-state index in [1.165, 1.54) is 18.4 Å². The van der Waals surface area contributed by atoms with E-state index >= 15 is 0 Å². The van der Waals surface area contributed by atoms with Gasteiger partial charge in [0.2, 0.25) is 5.91 Å². The molecule has 3 aliphatic rings. The molecule has 2 aliphatic carbocycles. The first-order valence-corrected chi connectivity index (χ1v) is 9.71. The number of rotatable bonds is 6. The standard InChI is InChI=1S/C19H27N3O4/c23-16(20-15-9-5-2-6-10-15)13-22-18(25)17(24)21(19(22)26)12-11-14-7-3-1-4-8-14/h7,15H,1-6,8-13H2,(H,20,23). The van der Waals surface area contributed by atoms with Gasteiger partial charge in [-0.15, -0.1) is 0 Å². The zero-order valence-corrected chi connectivity index (χ0v) is 15.2. The van der Waals surface area contributed by atoms with Gasteiger partial charge in [-0.1, -0.05) is 30.9 Å². The Labute approximate surface area is 153 Å². The Hall–Kier alpha value is -2.18. The molecular weight excluding hydrogens is 334 g/mol. The van der Waals surface area contributed by atoms with Crippen molar-refractivity contribution in [1.29, 1.82) is 0 Å². The van der Waals surface area contributed by atoms with Crippen molar-refractivity contribution in [2.75, 3.05) is 13.1 Å². The number of hydrogen-bond donors (Lipinski definition) is 1. The summed E-state index contributed by atoms with van der Waals surface area (Å²) in [7, 11) is 0. The molecule has 0 radical (unpaired) electrons. The number of nitrogens with zero attached hydrogens (tertiary/aromatic N) is 2. The van der Waals surface area contributed by atoms with E-state index in [9.17, 15) is 19.2 Å². The zero-order chi connectivity index (χ0) is 18.5. The normalized spacial score (nSPS) is 22.0. The third kappa shape index (κ3) is 4.31. The lowest BCUT2D eigenvalue weighted by molar-refractivity contribution is -0.144. The summed E-state index contributed by atoms with van der Waals surface area (Å²) in [5.74, 6) is -2.09. The smallest absolute Gasteiger partial charge is 0.334 e. The first kappa shape index (κ1) is 18.6. The summed E-state index contributed by atoms with van der Waals surface area (Å²) in [6, 6.07) is -0.565. The number of allylic oxidation sites excluding steroid dienone is 1. The fraction of sp³-hybridized carbons (Fsp3) is 0.684. The van der Waals surface area contributed by atoms with Crippen molar-refractivity contribution in [2.45, 2.75) is 70.3 Å². The molecule has 0 aromatic carbocycles. The largest absolute Gasteiger partial charge is 0.352 e. The highest BCUT2D eigenvalue weighted by Crippen LogP contribution is 2.22. The van der Waals surface area contributed by atoms with Gasteiger partial charge in [-0.3, -0.25) is 19.3 Å². The molecular formula is C19H27N3O4. The summed E-state index contributed by atoms with van der Waals surface area (Å²) in [6.45, 7) is -0.172. The van der Waals surface area contributed by atoms with Gasteiger partial charge in [0.15, 0.2) is 0 Å². The Kier molecular flexibility index (Phi) is 6.06. The number of carbonyl (C=O) groups is 4. The lowest BCUT2D eigenvalue weighted by Gasteiger charge is -2.23. The molecule has 1 aliphatic heterocycles. The number of carbonyl (C=O) groups excluding carboxylic acids is 4. The fourth-order valence-electron chi connectivity index (χ4n) is 3.94. The Morgan fingerprint density at radius 3 is 2.42 bits per heavy atom. The average Bonchev–Trinajstić information content (AvgIpc) is 2.85. The van der Waals surface area contributed by atoms with Gasteiger partial charge in [-0.05, 0) is 44.9 Å². The van der Waals surface area contributed by atoms with Crippen molar-refractivity contribution in [3.05, 3.63) is 11.6 Å². The molecule has 142 valence electrons. The average molecular weight is 361 g/mol. The number of imide groups is 2. The van der Waals surface area contributed by atoms with Crippen LogP contribution < -0.4 is 5.32 Å². The van der Waals surface area contributed by atoms with Crippen molar-refractivity contribution < 1.29 is 19.2 Å². The summed E-state index contributed by atoms with van der Waals surface area (Å²) in [5.41, 5.74) is 1.23. The van der Waals surface area contributed by atoms with Gasteiger partial charge in [-0.2, -0.15) is 0 Å². The SMILES string of the molecule is O=C(CN1C(=O)C(=O)N(CCC2=CCCCC2)C1=O)NC1CCCCC1. The second-order valence-corrected chi connectivity index (χ2v) is 7.39. The molecule has 0 aromatic heterocycles. The van der Waals surface area contributed by atoms with E-state index in [1.807, 2.05) is 0 Å². The second-order valence-electron chi connectivity index (χ2n) is 7.39. The number of hydrogen-bond acceptors (Lipinski definition) is 4. The molecule has 1 saturated heterocycles. The van der Waals surface area contributed by atoms with Crippen LogP contribution >= 0.6 is 0 Å². The Balaban J connectivity index is 1.53. The van der Waals surface area contributed by atoms with E-state index in [1.54, 1.807) is 0 Å². The third-order valence-corrected chi connectivity index (χ3v) is 5.45. The van der Waals surface area contributed by atoms with Crippen molar-refractivity contribution in [1.82, 2.24) is 15.1 Å². The number of nitrogens with one attached hydrogen (secondary N) is 1. The highest BCUT2D eigenvalue weighted by Gasteiger charge is 2.45. The van der Waals surface area contributed by atoms with Crippen LogP contribution in [-0.2, 0) is 14.4 Å². The van der Waals surface area contributed by atoms with Crippen molar-refractivity contribution in [3.8, 4) is 0 Å². The van der Waals surface area contributed by atoms with E-state index in [2.05, 4.69) is 11.4 Å². The summed E-state index contributed by atoms with van der Waals surface area (Å²) >= 11 is 0. The minimum absolute atomic E-state index is 0.106. The Morgan fingerprint density at radius 2 is 1.73 bits per heavy atom. The van der Waals surface area contributed by atoms with E-state index in [4.69, 9.17) is 0 Å². The molecule has 0 unspecified atom stereocenters. The van der Waals surface area contributed by atoms with Crippen LogP contribution in [0.15, 0.2) is 11.6 Å². The van der Waals surface area contributed by atoms with E-state index in [0.717, 1.165) is 54.7 Å². The molecule has 0 spiro atoms. The molecule has 1 heterocycles. The minimum atomic E-state index is -0.897. The van der Waals surface area contributed by atoms with Crippen LogP contribution in [0.4, 0.5) is 4.79 Å². The maximum Gasteiger partial charge on any atom is 0.334 e. The van der Waals surface area contributed by atoms with Crippen molar-refractivity contribution >= 4 is 23.8 Å². The van der Waals surface area contributed by atoms with Gasteiger partial charge >= 0.3 is 17.8 Å². The van der Waals surface area contributed by atoms with Crippen molar-refractivity contribution in [3.63, 3.8) is 0 Å². The third-order valence-electron chi connectivity index (χ3n) is 5.45. The van der Waals surface area contributed by atoms with E-state index in [-0.39, 0.29) is 25.0 Å². The number of amides is 5. The maximum atomic E-state index is 12.4. The summed E-state index contributed by atoms with van der Waals surface area (Å²) in [6.07, 6.45) is 12.3. The molecule has 7 heteroatoms. The predicted octanol–water partition coefficient (Wildman–Crippen LogP) is 2.12. The molecule has 1 saturated carbocycles. The fourth-order valence-corrected chi connectivity index (χ4v) is 3.94. The lowest BCUT2D eigenvalue weighted by atomic mass is 9.95. The first-order valence-electron chi connectivity index (χ1n) is 9.71. The molecule has 0 atom stereocenters. The predicted molar refractivity (Wildman–Crippen MR) is 95.0 cm³/mol. The molecule has 2 fully saturated rings. The van der Waals surface area contributed by atoms with Crippen LogP contribution in [0.3, 0.4) is 0 Å². The highest BCUT2D eigenvalue weighted by molar-refractivity contribution is 6.45. The number of urea groups is 1. The van der Waals surface area contributed by atoms with Gasteiger partial charge in [-0.25, -0.2) is 9.69 Å². The van der Waals surface area contributed by atoms with Gasteiger partial charge in [0, 0.05) is 12.6 Å². The van der Waals surface area contributed by atoms with Gasteiger partial charge in [0.1, 0.15) is 6.54 Å². The molecule has 1 N–H and O–H groups in total. The molecule has 5 amide bonds.